The molecule has 6 nitrogen and oxygen atoms in total. The van der Waals surface area contributed by atoms with E-state index in [1.165, 1.54) is 0 Å². The van der Waals surface area contributed by atoms with Gasteiger partial charge in [0.2, 0.25) is 0 Å². The molecule has 0 atom stereocenters. The van der Waals surface area contributed by atoms with E-state index in [2.05, 4.69) is 76.7 Å². The van der Waals surface area contributed by atoms with Crippen molar-refractivity contribution in [3.05, 3.63) is 146 Å². The smallest absolute Gasteiger partial charge is 0.0972 e. The van der Waals surface area contributed by atoms with Crippen LogP contribution < -0.4 is 0 Å². The molecule has 0 spiro atoms. The van der Waals surface area contributed by atoms with Crippen molar-refractivity contribution in [2.75, 3.05) is 0 Å². The monoisotopic (exact) mass is 588 g/mol. The van der Waals surface area contributed by atoms with Crippen LogP contribution in [0.5, 0.6) is 0 Å². The van der Waals surface area contributed by atoms with Gasteiger partial charge >= 0.3 is 0 Å². The number of rotatable bonds is 4. The summed E-state index contributed by atoms with van der Waals surface area (Å²) in [6, 6.07) is 45.0. The average molecular weight is 589 g/mol. The van der Waals surface area contributed by atoms with Gasteiger partial charge in [0, 0.05) is 45.1 Å². The lowest BCUT2D eigenvalue weighted by Crippen LogP contribution is -1.93. The van der Waals surface area contributed by atoms with Gasteiger partial charge in [-0.15, -0.1) is 0 Å². The van der Waals surface area contributed by atoms with Crippen molar-refractivity contribution in [2.45, 2.75) is 0 Å². The van der Waals surface area contributed by atoms with Crippen molar-refractivity contribution in [2.24, 2.45) is 0 Å². The van der Waals surface area contributed by atoms with E-state index in [1.54, 1.807) is 0 Å². The molecule has 0 N–H and O–H groups in total. The van der Waals surface area contributed by atoms with Crippen LogP contribution in [0.3, 0.4) is 0 Å². The first kappa shape index (κ1) is 26.0. The minimum absolute atomic E-state index is 0.808. The summed E-state index contributed by atoms with van der Waals surface area (Å²) in [7, 11) is 0. The van der Waals surface area contributed by atoms with Gasteiger partial charge in [-0.1, -0.05) is 78.9 Å². The van der Waals surface area contributed by atoms with E-state index < -0.39 is 0 Å². The van der Waals surface area contributed by atoms with Crippen LogP contribution in [0.1, 0.15) is 0 Å². The third kappa shape index (κ3) is 4.52. The zero-order valence-corrected chi connectivity index (χ0v) is 24.5. The fraction of sp³-hybridized carbons (Fsp3) is 0. The molecule has 0 saturated heterocycles. The molecule has 9 rings (SSSR count). The molecule has 0 unspecified atom stereocenters. The maximum atomic E-state index is 5.03. The summed E-state index contributed by atoms with van der Waals surface area (Å²) in [5.74, 6) is 0. The molecule has 6 heterocycles. The van der Waals surface area contributed by atoms with Crippen molar-refractivity contribution in [3.63, 3.8) is 0 Å². The summed E-state index contributed by atoms with van der Waals surface area (Å²) in [6.07, 6.45) is 3.62. The number of benzene rings is 3. The van der Waals surface area contributed by atoms with E-state index in [1.807, 2.05) is 79.1 Å². The Labute approximate surface area is 264 Å². The molecule has 3 aromatic carbocycles. The highest BCUT2D eigenvalue weighted by atomic mass is 14.8. The number of aromatic nitrogens is 6. The first-order valence-corrected chi connectivity index (χ1v) is 15.1. The summed E-state index contributed by atoms with van der Waals surface area (Å²) in [5.41, 5.74) is 10.5. The predicted molar refractivity (Wildman–Crippen MR) is 185 cm³/mol. The molecular formula is C40H24N6. The van der Waals surface area contributed by atoms with Gasteiger partial charge in [0.05, 0.1) is 56.2 Å². The van der Waals surface area contributed by atoms with E-state index in [4.69, 9.17) is 19.9 Å². The third-order valence-electron chi connectivity index (χ3n) is 8.34. The SMILES string of the molecule is c1cc(-c2cccc(-c3ccc4ccc5cccnc5c4n3)n2)cc(-c2cccc(-c3ccc4ccc5cccnc5c4n3)n2)c1. The molecule has 9 aromatic rings. The lowest BCUT2D eigenvalue weighted by molar-refractivity contribution is 1.27. The van der Waals surface area contributed by atoms with Crippen molar-refractivity contribution < 1.29 is 0 Å². The maximum absolute atomic E-state index is 5.03. The molecule has 0 amide bonds. The van der Waals surface area contributed by atoms with Crippen molar-refractivity contribution in [1.82, 2.24) is 29.9 Å². The van der Waals surface area contributed by atoms with Crippen LogP contribution in [0.15, 0.2) is 146 Å². The quantitative estimate of drug-likeness (QED) is 0.191. The Kier molecular flexibility index (Phi) is 6.03. The van der Waals surface area contributed by atoms with Crippen LogP contribution in [-0.4, -0.2) is 29.9 Å². The van der Waals surface area contributed by atoms with Gasteiger partial charge in [0.15, 0.2) is 0 Å². The summed E-state index contributed by atoms with van der Waals surface area (Å²) in [5, 5.41) is 4.24. The summed E-state index contributed by atoms with van der Waals surface area (Å²) in [6.45, 7) is 0. The van der Waals surface area contributed by atoms with Crippen molar-refractivity contribution in [3.8, 4) is 45.3 Å². The first-order chi connectivity index (χ1) is 22.8. The third-order valence-corrected chi connectivity index (χ3v) is 8.34. The second-order valence-electron chi connectivity index (χ2n) is 11.2. The maximum Gasteiger partial charge on any atom is 0.0972 e. The van der Waals surface area contributed by atoms with E-state index in [0.29, 0.717) is 0 Å². The molecule has 0 aliphatic heterocycles. The number of fused-ring (bicyclic) bond motifs is 6. The van der Waals surface area contributed by atoms with E-state index in [-0.39, 0.29) is 0 Å². The largest absolute Gasteiger partial charge is 0.254 e. The van der Waals surface area contributed by atoms with Gasteiger partial charge in [0.1, 0.15) is 0 Å². The highest BCUT2D eigenvalue weighted by molar-refractivity contribution is 6.04. The highest BCUT2D eigenvalue weighted by Crippen LogP contribution is 2.30. The van der Waals surface area contributed by atoms with Gasteiger partial charge in [-0.05, 0) is 54.6 Å². The van der Waals surface area contributed by atoms with Gasteiger partial charge in [-0.3, -0.25) is 9.97 Å². The lowest BCUT2D eigenvalue weighted by atomic mass is 10.0. The summed E-state index contributed by atoms with van der Waals surface area (Å²) >= 11 is 0. The molecule has 6 heteroatoms. The Bertz CT molecular complexity index is 2430. The van der Waals surface area contributed by atoms with Crippen LogP contribution in [0, 0.1) is 0 Å². The number of pyridine rings is 6. The molecule has 0 aliphatic carbocycles. The minimum atomic E-state index is 0.808. The van der Waals surface area contributed by atoms with E-state index in [0.717, 1.165) is 88.9 Å². The second-order valence-corrected chi connectivity index (χ2v) is 11.2. The Morgan fingerprint density at radius 3 is 1.17 bits per heavy atom. The van der Waals surface area contributed by atoms with Gasteiger partial charge in [-0.2, -0.15) is 0 Å². The molecule has 46 heavy (non-hydrogen) atoms. The Hall–Kier alpha value is -6.40. The zero-order valence-electron chi connectivity index (χ0n) is 24.5. The van der Waals surface area contributed by atoms with Crippen LogP contribution in [0.25, 0.3) is 88.9 Å². The molecule has 0 radical (unpaired) electrons. The van der Waals surface area contributed by atoms with Gasteiger partial charge in [0.25, 0.3) is 0 Å². The average Bonchev–Trinajstić information content (AvgIpc) is 3.14. The van der Waals surface area contributed by atoms with Crippen LogP contribution in [0.2, 0.25) is 0 Å². The van der Waals surface area contributed by atoms with Crippen LogP contribution >= 0.6 is 0 Å². The molecule has 214 valence electrons. The van der Waals surface area contributed by atoms with Crippen molar-refractivity contribution >= 4 is 43.6 Å². The van der Waals surface area contributed by atoms with Gasteiger partial charge in [-0.25, -0.2) is 19.9 Å². The van der Waals surface area contributed by atoms with Crippen LogP contribution in [0.4, 0.5) is 0 Å². The molecular weight excluding hydrogens is 564 g/mol. The molecule has 0 aliphatic rings. The minimum Gasteiger partial charge on any atom is -0.254 e. The molecule has 0 bridgehead atoms. The van der Waals surface area contributed by atoms with Crippen molar-refractivity contribution in [1.29, 1.82) is 0 Å². The zero-order chi connectivity index (χ0) is 30.5. The van der Waals surface area contributed by atoms with E-state index in [9.17, 15) is 0 Å². The first-order valence-electron chi connectivity index (χ1n) is 15.1. The summed E-state index contributed by atoms with van der Waals surface area (Å²) < 4.78 is 0. The standard InChI is InChI=1S/C40H24N6/c1-6-29(31-10-2-12-33(43-31)35-20-18-27-16-14-25-8-4-22-41-37(25)39(27)45-35)24-30(7-1)32-11-3-13-34(44-32)36-21-19-28-17-15-26-9-5-23-42-38(26)40(28)46-36/h1-24H. The Morgan fingerprint density at radius 1 is 0.283 bits per heavy atom. The normalized spacial score (nSPS) is 11.5. The lowest BCUT2D eigenvalue weighted by Gasteiger charge is -2.09. The topological polar surface area (TPSA) is 77.3 Å². The predicted octanol–water partition coefficient (Wildman–Crippen LogP) is 9.34. The fourth-order valence-electron chi connectivity index (χ4n) is 6.05. The molecule has 6 aromatic heterocycles. The Balaban J connectivity index is 1.07. The number of hydrogen-bond donors (Lipinski definition) is 0. The number of nitrogens with zero attached hydrogens (tertiary/aromatic N) is 6. The summed E-state index contributed by atoms with van der Waals surface area (Å²) in [4.78, 5) is 29.3. The van der Waals surface area contributed by atoms with E-state index >= 15 is 0 Å². The van der Waals surface area contributed by atoms with Gasteiger partial charge < -0.3 is 0 Å². The second kappa shape index (κ2) is 10.6. The molecule has 0 fully saturated rings. The molecule has 0 saturated carbocycles. The fourth-order valence-corrected chi connectivity index (χ4v) is 6.05. The number of hydrogen-bond acceptors (Lipinski definition) is 6. The Morgan fingerprint density at radius 2 is 0.674 bits per heavy atom. The highest BCUT2D eigenvalue weighted by Gasteiger charge is 2.12. The van der Waals surface area contributed by atoms with Crippen LogP contribution in [-0.2, 0) is 0 Å².